The summed E-state index contributed by atoms with van der Waals surface area (Å²) in [6.07, 6.45) is -0.714. The first kappa shape index (κ1) is 18.3. The number of rotatable bonds is 6. The fourth-order valence-electron chi connectivity index (χ4n) is 1.34. The van der Waals surface area contributed by atoms with Crippen LogP contribution in [0.25, 0.3) is 0 Å². The van der Waals surface area contributed by atoms with Crippen molar-refractivity contribution in [3.63, 3.8) is 0 Å². The molecule has 0 aliphatic rings. The molecular weight excluding hydrogens is 378 g/mol. The first-order chi connectivity index (χ1) is 9.67. The molecule has 0 fully saturated rings. The summed E-state index contributed by atoms with van der Waals surface area (Å²) in [4.78, 5) is 22.8. The van der Waals surface area contributed by atoms with E-state index in [-0.39, 0.29) is 5.75 Å². The topological polar surface area (TPSA) is 75.6 Å². The van der Waals surface area contributed by atoms with Gasteiger partial charge in [0.15, 0.2) is 0 Å². The number of carboxylic acid groups (broad SMARTS) is 1. The molecule has 0 saturated carbocycles. The zero-order chi connectivity index (χ0) is 16.0. The molecule has 0 saturated heterocycles. The second-order valence-corrected chi connectivity index (χ2v) is 8.63. The average Bonchev–Trinajstić information content (AvgIpc) is 2.71. The van der Waals surface area contributed by atoms with Gasteiger partial charge in [0.1, 0.15) is 11.6 Å². The lowest BCUT2D eigenvalue weighted by Crippen LogP contribution is -2.44. The molecule has 0 radical (unpaired) electrons. The number of thioether (sulfide) groups is 1. The number of amides is 1. The number of carbonyl (C=O) groups excluding carboxylic acids is 1. The molecule has 2 N–H and O–H groups in total. The van der Waals surface area contributed by atoms with Crippen molar-refractivity contribution in [2.24, 2.45) is 0 Å². The van der Waals surface area contributed by atoms with E-state index in [9.17, 15) is 9.59 Å². The van der Waals surface area contributed by atoms with Crippen LogP contribution in [0.5, 0.6) is 0 Å². The third kappa shape index (κ3) is 7.73. The second-order valence-electron chi connectivity index (χ2n) is 5.31. The molecule has 0 aliphatic carbocycles. The van der Waals surface area contributed by atoms with E-state index in [1.54, 1.807) is 32.1 Å². The standard InChI is InChI=1S/C13H18BrNO4S2/c1-13(2,3)19-12(18)15-9(11(16)17)7-20-5-8-4-10(14)21-6-8/h4,6,9H,5,7H2,1-3H3,(H,15,18)(H,16,17). The maximum Gasteiger partial charge on any atom is 0.408 e. The summed E-state index contributed by atoms with van der Waals surface area (Å²) in [5, 5.41) is 13.5. The van der Waals surface area contributed by atoms with Gasteiger partial charge in [0.25, 0.3) is 0 Å². The molecule has 1 amide bonds. The van der Waals surface area contributed by atoms with Crippen LogP contribution in [0.3, 0.4) is 0 Å². The number of carboxylic acids is 1. The minimum Gasteiger partial charge on any atom is -0.480 e. The maximum atomic E-state index is 11.6. The van der Waals surface area contributed by atoms with Crippen molar-refractivity contribution in [2.45, 2.75) is 38.2 Å². The maximum absolute atomic E-state index is 11.6. The van der Waals surface area contributed by atoms with Crippen molar-refractivity contribution in [3.8, 4) is 0 Å². The molecule has 1 unspecified atom stereocenters. The predicted octanol–water partition coefficient (Wildman–Crippen LogP) is 3.72. The third-order valence-corrected chi connectivity index (χ3v) is 4.82. The van der Waals surface area contributed by atoms with E-state index in [0.29, 0.717) is 5.75 Å². The molecule has 0 spiro atoms. The molecule has 1 aromatic heterocycles. The number of hydrogen-bond acceptors (Lipinski definition) is 5. The number of halogens is 1. The average molecular weight is 396 g/mol. The number of ether oxygens (including phenoxy) is 1. The third-order valence-electron chi connectivity index (χ3n) is 2.16. The predicted molar refractivity (Wildman–Crippen MR) is 89.0 cm³/mol. The Morgan fingerprint density at radius 1 is 1.52 bits per heavy atom. The second kappa shape index (κ2) is 8.05. The lowest BCUT2D eigenvalue weighted by atomic mass is 10.2. The molecular formula is C13H18BrNO4S2. The SMILES string of the molecule is CC(C)(C)OC(=O)NC(CSCc1csc(Br)c1)C(=O)O. The summed E-state index contributed by atoms with van der Waals surface area (Å²) >= 11 is 6.41. The molecule has 1 atom stereocenters. The van der Waals surface area contributed by atoms with E-state index in [2.05, 4.69) is 21.2 Å². The largest absolute Gasteiger partial charge is 0.480 e. The van der Waals surface area contributed by atoms with Crippen molar-refractivity contribution in [2.75, 3.05) is 5.75 Å². The number of thiophene rings is 1. The Hall–Kier alpha value is -0.730. The van der Waals surface area contributed by atoms with Crippen LogP contribution in [0, 0.1) is 0 Å². The molecule has 0 bridgehead atoms. The number of aliphatic carboxylic acids is 1. The summed E-state index contributed by atoms with van der Waals surface area (Å²) in [5.74, 6) is -0.0935. The van der Waals surface area contributed by atoms with Crippen molar-refractivity contribution in [1.29, 1.82) is 0 Å². The van der Waals surface area contributed by atoms with E-state index in [1.165, 1.54) is 11.8 Å². The van der Waals surface area contributed by atoms with Gasteiger partial charge in [-0.15, -0.1) is 11.3 Å². The normalized spacial score (nSPS) is 12.8. The molecule has 8 heteroatoms. The Kier molecular flexibility index (Phi) is 7.02. The van der Waals surface area contributed by atoms with E-state index in [4.69, 9.17) is 9.84 Å². The minimum absolute atomic E-state index is 0.280. The molecule has 5 nitrogen and oxygen atoms in total. The van der Waals surface area contributed by atoms with Gasteiger partial charge < -0.3 is 15.2 Å². The van der Waals surface area contributed by atoms with Gasteiger partial charge in [-0.25, -0.2) is 9.59 Å². The van der Waals surface area contributed by atoms with Gasteiger partial charge in [-0.2, -0.15) is 11.8 Å². The summed E-state index contributed by atoms with van der Waals surface area (Å²) in [6, 6.07) is 1.03. The molecule has 0 aromatic carbocycles. The number of alkyl carbamates (subject to hydrolysis) is 1. The fraction of sp³-hybridized carbons (Fsp3) is 0.538. The fourth-order valence-corrected chi connectivity index (χ4v) is 3.64. The van der Waals surface area contributed by atoms with Crippen molar-refractivity contribution >= 4 is 51.1 Å². The van der Waals surface area contributed by atoms with E-state index < -0.39 is 23.7 Å². The highest BCUT2D eigenvalue weighted by Crippen LogP contribution is 2.24. The van der Waals surface area contributed by atoms with E-state index in [1.807, 2.05) is 11.4 Å². The van der Waals surface area contributed by atoms with Gasteiger partial charge >= 0.3 is 12.1 Å². The Bertz CT molecular complexity index is 499. The van der Waals surface area contributed by atoms with Crippen LogP contribution in [0.1, 0.15) is 26.3 Å². The highest BCUT2D eigenvalue weighted by atomic mass is 79.9. The zero-order valence-corrected chi connectivity index (χ0v) is 15.2. The number of nitrogens with one attached hydrogen (secondary N) is 1. The van der Waals surface area contributed by atoms with Crippen LogP contribution in [0.2, 0.25) is 0 Å². The summed E-state index contributed by atoms with van der Waals surface area (Å²) in [5.41, 5.74) is 0.474. The number of carbonyl (C=O) groups is 2. The smallest absolute Gasteiger partial charge is 0.408 e. The lowest BCUT2D eigenvalue weighted by molar-refractivity contribution is -0.138. The molecule has 1 rings (SSSR count). The van der Waals surface area contributed by atoms with E-state index >= 15 is 0 Å². The molecule has 0 aliphatic heterocycles. The Labute approximate surface area is 140 Å². The van der Waals surface area contributed by atoms with Crippen LogP contribution in [-0.2, 0) is 15.3 Å². The van der Waals surface area contributed by atoms with Gasteiger partial charge in [0.05, 0.1) is 3.79 Å². The molecule has 1 aromatic rings. The molecule has 118 valence electrons. The van der Waals surface area contributed by atoms with Gasteiger partial charge in [-0.05, 0) is 53.7 Å². The van der Waals surface area contributed by atoms with Crippen LogP contribution >= 0.6 is 39.0 Å². The van der Waals surface area contributed by atoms with Crippen molar-refractivity contribution in [3.05, 3.63) is 20.8 Å². The van der Waals surface area contributed by atoms with Crippen LogP contribution in [0.4, 0.5) is 4.79 Å². The zero-order valence-electron chi connectivity index (χ0n) is 12.0. The van der Waals surface area contributed by atoms with Gasteiger partial charge in [-0.3, -0.25) is 0 Å². The summed E-state index contributed by atoms with van der Waals surface area (Å²) < 4.78 is 6.10. The highest BCUT2D eigenvalue weighted by Gasteiger charge is 2.23. The summed E-state index contributed by atoms with van der Waals surface area (Å²) in [7, 11) is 0. The Balaban J connectivity index is 2.43. The first-order valence-corrected chi connectivity index (χ1v) is 9.03. The summed E-state index contributed by atoms with van der Waals surface area (Å²) in [6.45, 7) is 5.18. The minimum atomic E-state index is -1.07. The molecule has 21 heavy (non-hydrogen) atoms. The highest BCUT2D eigenvalue weighted by molar-refractivity contribution is 9.11. The first-order valence-electron chi connectivity index (χ1n) is 6.20. The van der Waals surface area contributed by atoms with E-state index in [0.717, 1.165) is 9.35 Å². The van der Waals surface area contributed by atoms with Crippen LogP contribution in [-0.4, -0.2) is 34.6 Å². The lowest BCUT2D eigenvalue weighted by Gasteiger charge is -2.21. The van der Waals surface area contributed by atoms with Crippen molar-refractivity contribution < 1.29 is 19.4 Å². The van der Waals surface area contributed by atoms with Crippen LogP contribution < -0.4 is 5.32 Å². The van der Waals surface area contributed by atoms with Crippen molar-refractivity contribution in [1.82, 2.24) is 5.32 Å². The monoisotopic (exact) mass is 395 g/mol. The number of hydrogen-bond donors (Lipinski definition) is 2. The quantitative estimate of drug-likeness (QED) is 0.767. The molecule has 1 heterocycles. The Morgan fingerprint density at radius 2 is 2.19 bits per heavy atom. The van der Waals surface area contributed by atoms with Crippen LogP contribution in [0.15, 0.2) is 15.2 Å². The Morgan fingerprint density at radius 3 is 2.67 bits per heavy atom. The van der Waals surface area contributed by atoms with Gasteiger partial charge in [0.2, 0.25) is 0 Å². The van der Waals surface area contributed by atoms with Gasteiger partial charge in [-0.1, -0.05) is 0 Å². The van der Waals surface area contributed by atoms with Gasteiger partial charge in [0, 0.05) is 11.5 Å².